The maximum atomic E-state index is 13.6. The van der Waals surface area contributed by atoms with Gasteiger partial charge in [-0.25, -0.2) is 13.4 Å². The highest BCUT2D eigenvalue weighted by atomic mass is 32.2. The summed E-state index contributed by atoms with van der Waals surface area (Å²) in [4.78, 5) is 20.0. The number of benzene rings is 2. The van der Waals surface area contributed by atoms with Crippen LogP contribution in [0.2, 0.25) is 0 Å². The molecule has 0 saturated heterocycles. The summed E-state index contributed by atoms with van der Waals surface area (Å²) in [5, 5.41) is 4.15. The van der Waals surface area contributed by atoms with Gasteiger partial charge in [-0.15, -0.1) is 0 Å². The average molecular weight is 485 g/mol. The smallest absolute Gasteiger partial charge is 0.260 e. The Hall–Kier alpha value is -3.24. The number of fused-ring (bicyclic) bond motifs is 1. The number of carbonyl (C=O) groups is 1. The third kappa shape index (κ3) is 4.76. The zero-order valence-electron chi connectivity index (χ0n) is 18.5. The van der Waals surface area contributed by atoms with E-state index in [-0.39, 0.29) is 16.4 Å². The molecule has 2 aromatic heterocycles. The minimum absolute atomic E-state index is 0.129. The summed E-state index contributed by atoms with van der Waals surface area (Å²) in [6.07, 6.45) is 3.50. The molecule has 0 unspecified atom stereocenters. The molecular formula is C23H24N4O4S2. The van der Waals surface area contributed by atoms with Crippen molar-refractivity contribution in [3.63, 3.8) is 0 Å². The van der Waals surface area contributed by atoms with Crippen molar-refractivity contribution in [1.29, 1.82) is 0 Å². The van der Waals surface area contributed by atoms with Gasteiger partial charge in [-0.3, -0.25) is 14.4 Å². The number of anilines is 1. The lowest BCUT2D eigenvalue weighted by molar-refractivity contribution is 0.0985. The van der Waals surface area contributed by atoms with Gasteiger partial charge in [-0.05, 0) is 56.3 Å². The van der Waals surface area contributed by atoms with Gasteiger partial charge in [0, 0.05) is 24.5 Å². The molecule has 4 aromatic rings. The lowest BCUT2D eigenvalue weighted by Gasteiger charge is -2.20. The normalized spacial score (nSPS) is 11.8. The van der Waals surface area contributed by atoms with Gasteiger partial charge in [-0.1, -0.05) is 17.4 Å². The monoisotopic (exact) mass is 484 g/mol. The summed E-state index contributed by atoms with van der Waals surface area (Å²) in [6.45, 7) is 4.02. The van der Waals surface area contributed by atoms with E-state index in [1.165, 1.54) is 23.5 Å². The van der Waals surface area contributed by atoms with Crippen LogP contribution in [0.1, 0.15) is 24.2 Å². The van der Waals surface area contributed by atoms with Crippen molar-refractivity contribution < 1.29 is 17.9 Å². The van der Waals surface area contributed by atoms with Gasteiger partial charge in [0.05, 0.1) is 34.0 Å². The van der Waals surface area contributed by atoms with Crippen LogP contribution in [0.25, 0.3) is 10.2 Å². The van der Waals surface area contributed by atoms with Gasteiger partial charge in [0.25, 0.3) is 5.91 Å². The highest BCUT2D eigenvalue weighted by molar-refractivity contribution is 7.92. The van der Waals surface area contributed by atoms with Gasteiger partial charge < -0.3 is 4.74 Å². The second kappa shape index (κ2) is 9.32. The molecule has 0 N–H and O–H groups in total. The molecule has 0 fully saturated rings. The maximum absolute atomic E-state index is 13.6. The van der Waals surface area contributed by atoms with Crippen molar-refractivity contribution in [3.05, 3.63) is 66.5 Å². The molecular weight excluding hydrogens is 460 g/mol. The molecule has 0 atom stereocenters. The Labute approximate surface area is 196 Å². The number of sulfone groups is 1. The Kier molecular flexibility index (Phi) is 6.48. The quantitative estimate of drug-likeness (QED) is 0.375. The number of methoxy groups -OCH3 is 1. The van der Waals surface area contributed by atoms with Crippen LogP contribution < -0.4 is 9.64 Å². The summed E-state index contributed by atoms with van der Waals surface area (Å²) in [5.41, 5.74) is 1.04. The highest BCUT2D eigenvalue weighted by Crippen LogP contribution is 2.32. The van der Waals surface area contributed by atoms with E-state index < -0.39 is 15.1 Å². The van der Waals surface area contributed by atoms with Crippen molar-refractivity contribution in [2.45, 2.75) is 30.5 Å². The molecule has 2 heterocycles. The molecule has 0 aliphatic heterocycles. The third-order valence-electron chi connectivity index (χ3n) is 5.20. The molecule has 2 aromatic carbocycles. The first-order valence-corrected chi connectivity index (χ1v) is 12.7. The fourth-order valence-electron chi connectivity index (χ4n) is 3.29. The first-order valence-electron chi connectivity index (χ1n) is 10.4. The average Bonchev–Trinajstić information content (AvgIpc) is 3.48. The fourth-order valence-corrected chi connectivity index (χ4v) is 5.41. The lowest BCUT2D eigenvalue weighted by atomic mass is 10.2. The van der Waals surface area contributed by atoms with E-state index in [0.29, 0.717) is 24.0 Å². The van der Waals surface area contributed by atoms with E-state index in [1.807, 2.05) is 30.5 Å². The standard InChI is InChI=1S/C23H24N4O4S2/c1-16(2)33(29,30)19-7-4-6-17(14-19)22(28)27(13-12-26-11-5-10-24-26)23-25-20-9-8-18(31-3)15-21(20)32-23/h4-11,14-16H,12-13H2,1-3H3. The summed E-state index contributed by atoms with van der Waals surface area (Å²) >= 11 is 1.38. The van der Waals surface area contributed by atoms with Gasteiger partial charge in [0.1, 0.15) is 5.75 Å². The number of nitrogens with zero attached hydrogens (tertiary/aromatic N) is 4. The number of aromatic nitrogens is 3. The van der Waals surface area contributed by atoms with E-state index in [0.717, 1.165) is 10.2 Å². The largest absolute Gasteiger partial charge is 0.497 e. The number of thiazole rings is 1. The SMILES string of the molecule is COc1ccc2nc(N(CCn3cccn3)C(=O)c3cccc(S(=O)(=O)C(C)C)c3)sc2c1. The summed E-state index contributed by atoms with van der Waals surface area (Å²) in [6, 6.07) is 13.5. The van der Waals surface area contributed by atoms with Crippen LogP contribution in [0.3, 0.4) is 0 Å². The number of amides is 1. The predicted molar refractivity (Wildman–Crippen MR) is 129 cm³/mol. The van der Waals surface area contributed by atoms with Gasteiger partial charge in [0.2, 0.25) is 0 Å². The number of carbonyl (C=O) groups excluding carboxylic acids is 1. The molecule has 0 radical (unpaired) electrons. The van der Waals surface area contributed by atoms with Crippen LogP contribution in [0.4, 0.5) is 5.13 Å². The predicted octanol–water partition coefficient (Wildman–Crippen LogP) is 4.03. The highest BCUT2D eigenvalue weighted by Gasteiger charge is 2.25. The molecule has 10 heteroatoms. The summed E-state index contributed by atoms with van der Waals surface area (Å²) < 4.78 is 33.2. The maximum Gasteiger partial charge on any atom is 0.260 e. The fraction of sp³-hybridized carbons (Fsp3) is 0.261. The van der Waals surface area contributed by atoms with Crippen molar-refractivity contribution in [2.24, 2.45) is 0 Å². The molecule has 1 amide bonds. The first kappa shape index (κ1) is 22.9. The number of hydrogen-bond donors (Lipinski definition) is 0. The van der Waals surface area contributed by atoms with Gasteiger partial charge >= 0.3 is 0 Å². The van der Waals surface area contributed by atoms with Crippen LogP contribution in [-0.4, -0.2) is 48.0 Å². The van der Waals surface area contributed by atoms with Crippen molar-refractivity contribution in [3.8, 4) is 5.75 Å². The summed E-state index contributed by atoms with van der Waals surface area (Å²) in [7, 11) is -1.91. The van der Waals surface area contributed by atoms with E-state index in [9.17, 15) is 13.2 Å². The second-order valence-corrected chi connectivity index (χ2v) is 11.2. The Balaban J connectivity index is 1.72. The van der Waals surface area contributed by atoms with E-state index >= 15 is 0 Å². The minimum atomic E-state index is -3.51. The molecule has 0 aliphatic rings. The molecule has 0 bridgehead atoms. The van der Waals surface area contributed by atoms with E-state index in [4.69, 9.17) is 4.74 Å². The number of ether oxygens (including phenoxy) is 1. The number of hydrogen-bond acceptors (Lipinski definition) is 7. The van der Waals surface area contributed by atoms with Crippen LogP contribution in [0, 0.1) is 0 Å². The molecule has 4 rings (SSSR count). The second-order valence-electron chi connectivity index (χ2n) is 7.68. The molecule has 0 saturated carbocycles. The Morgan fingerprint density at radius 1 is 1.18 bits per heavy atom. The van der Waals surface area contributed by atoms with Crippen LogP contribution in [0.15, 0.2) is 65.8 Å². The zero-order valence-corrected chi connectivity index (χ0v) is 20.1. The van der Waals surface area contributed by atoms with Crippen molar-refractivity contribution in [2.75, 3.05) is 18.6 Å². The summed E-state index contributed by atoms with van der Waals surface area (Å²) in [5.74, 6) is 0.382. The molecule has 33 heavy (non-hydrogen) atoms. The number of rotatable bonds is 8. The molecule has 172 valence electrons. The molecule has 0 aliphatic carbocycles. The molecule has 0 spiro atoms. The van der Waals surface area contributed by atoms with Gasteiger partial charge in [-0.2, -0.15) is 5.10 Å². The van der Waals surface area contributed by atoms with Crippen LogP contribution >= 0.6 is 11.3 Å². The topological polar surface area (TPSA) is 94.4 Å². The van der Waals surface area contributed by atoms with Crippen molar-refractivity contribution in [1.82, 2.24) is 14.8 Å². The minimum Gasteiger partial charge on any atom is -0.497 e. The van der Waals surface area contributed by atoms with Crippen molar-refractivity contribution >= 4 is 42.4 Å². The zero-order chi connectivity index (χ0) is 23.6. The Bertz CT molecular complexity index is 1380. The van der Waals surface area contributed by atoms with Gasteiger partial charge in [0.15, 0.2) is 15.0 Å². The molecule has 8 nitrogen and oxygen atoms in total. The van der Waals surface area contributed by atoms with E-state index in [1.54, 1.807) is 48.9 Å². The lowest BCUT2D eigenvalue weighted by Crippen LogP contribution is -2.34. The first-order chi connectivity index (χ1) is 15.8. The Morgan fingerprint density at radius 2 is 2.00 bits per heavy atom. The van der Waals surface area contributed by atoms with Crippen LogP contribution in [-0.2, 0) is 16.4 Å². The van der Waals surface area contributed by atoms with E-state index in [2.05, 4.69) is 10.1 Å². The third-order valence-corrected chi connectivity index (χ3v) is 8.40. The Morgan fingerprint density at radius 3 is 2.70 bits per heavy atom. The van der Waals surface area contributed by atoms with Crippen LogP contribution in [0.5, 0.6) is 5.75 Å².